The van der Waals surface area contributed by atoms with E-state index in [0.717, 1.165) is 5.56 Å². The third-order valence-corrected chi connectivity index (χ3v) is 5.66. The van der Waals surface area contributed by atoms with E-state index in [2.05, 4.69) is 9.82 Å². The molecule has 0 saturated carbocycles. The predicted molar refractivity (Wildman–Crippen MR) is 102 cm³/mol. The topological polar surface area (TPSA) is 78.8 Å². The number of nitrogens with zero attached hydrogens (tertiary/aromatic N) is 2. The van der Waals surface area contributed by atoms with Crippen LogP contribution in [0.3, 0.4) is 0 Å². The molecule has 0 fully saturated rings. The zero-order valence-corrected chi connectivity index (χ0v) is 15.8. The van der Waals surface area contributed by atoms with Gasteiger partial charge in [0.05, 0.1) is 23.2 Å². The number of nitrogens with one attached hydrogen (secondary N) is 1. The molecular weight excluding hydrogens is 369 g/mol. The van der Waals surface area contributed by atoms with Crippen molar-refractivity contribution < 1.29 is 17.6 Å². The van der Waals surface area contributed by atoms with Crippen molar-refractivity contribution in [2.45, 2.75) is 26.3 Å². The maximum Gasteiger partial charge on any atom is 0.240 e. The van der Waals surface area contributed by atoms with Crippen molar-refractivity contribution in [1.29, 1.82) is 0 Å². The average molecular weight is 389 g/mol. The lowest BCUT2D eigenvalue weighted by Gasteiger charge is -2.20. The van der Waals surface area contributed by atoms with Crippen molar-refractivity contribution >= 4 is 27.3 Å². The number of hydrogen-bond donors (Lipinski definition) is 1. The lowest BCUT2D eigenvalue weighted by molar-refractivity contribution is -0.130. The first-order valence-corrected chi connectivity index (χ1v) is 10.2. The fourth-order valence-electron chi connectivity index (χ4n) is 2.97. The number of carbonyl (C=O) groups is 1. The molecule has 0 aliphatic carbocycles. The first kappa shape index (κ1) is 19.0. The van der Waals surface area contributed by atoms with Gasteiger partial charge in [-0.15, -0.1) is 0 Å². The number of amides is 1. The molecule has 0 unspecified atom stereocenters. The molecule has 0 radical (unpaired) electrons. The van der Waals surface area contributed by atoms with Gasteiger partial charge in [-0.2, -0.15) is 5.10 Å². The van der Waals surface area contributed by atoms with Crippen LogP contribution in [0.1, 0.15) is 37.4 Å². The molecule has 3 rings (SSSR count). The molecule has 1 aliphatic rings. The Bertz CT molecular complexity index is 988. The smallest absolute Gasteiger partial charge is 0.240 e. The highest BCUT2D eigenvalue weighted by atomic mass is 32.2. The molecule has 1 amide bonds. The highest BCUT2D eigenvalue weighted by molar-refractivity contribution is 7.92. The predicted octanol–water partition coefficient (Wildman–Crippen LogP) is 3.28. The van der Waals surface area contributed by atoms with Crippen LogP contribution in [0.2, 0.25) is 0 Å². The third-order valence-electron chi connectivity index (χ3n) is 4.37. The number of halogens is 1. The summed E-state index contributed by atoms with van der Waals surface area (Å²) in [6.07, 6.45) is 0.399. The van der Waals surface area contributed by atoms with Gasteiger partial charge in [0.1, 0.15) is 5.82 Å². The molecule has 2 aromatic rings. The van der Waals surface area contributed by atoms with Crippen LogP contribution in [0.15, 0.2) is 53.6 Å². The molecule has 1 N–H and O–H groups in total. The van der Waals surface area contributed by atoms with Gasteiger partial charge >= 0.3 is 0 Å². The lowest BCUT2D eigenvalue weighted by atomic mass is 9.97. The van der Waals surface area contributed by atoms with Crippen LogP contribution in [-0.4, -0.2) is 30.8 Å². The van der Waals surface area contributed by atoms with Crippen LogP contribution in [0, 0.1) is 5.82 Å². The molecule has 8 heteroatoms. The highest BCUT2D eigenvalue weighted by Crippen LogP contribution is 2.34. The van der Waals surface area contributed by atoms with Gasteiger partial charge in [-0.3, -0.25) is 9.52 Å². The van der Waals surface area contributed by atoms with Gasteiger partial charge in [0.15, 0.2) is 0 Å². The molecule has 6 nitrogen and oxygen atoms in total. The summed E-state index contributed by atoms with van der Waals surface area (Å²) in [6.45, 7) is 2.97. The third kappa shape index (κ3) is 4.16. The van der Waals surface area contributed by atoms with Crippen LogP contribution >= 0.6 is 0 Å². The second kappa shape index (κ2) is 7.48. The molecule has 1 atom stereocenters. The number of benzene rings is 2. The number of anilines is 1. The monoisotopic (exact) mass is 389 g/mol. The highest BCUT2D eigenvalue weighted by Gasteiger charge is 2.32. The second-order valence-corrected chi connectivity index (χ2v) is 8.24. The standard InChI is InChI=1S/C19H20FN3O3S/c1-3-27(25,26)22-17-7-5-4-6-16(17)18-12-19(23(21-18)13(2)24)14-8-10-15(20)11-9-14/h4-11,19,22H,3,12H2,1-2H3/t19-/m0/s1. The van der Waals surface area contributed by atoms with Crippen LogP contribution in [0.5, 0.6) is 0 Å². The van der Waals surface area contributed by atoms with E-state index in [0.29, 0.717) is 23.4 Å². The largest absolute Gasteiger partial charge is 0.283 e. The van der Waals surface area contributed by atoms with Crippen LogP contribution in [-0.2, 0) is 14.8 Å². The van der Waals surface area contributed by atoms with Crippen LogP contribution in [0.4, 0.5) is 10.1 Å². The fourth-order valence-corrected chi connectivity index (χ4v) is 3.63. The molecule has 0 aromatic heterocycles. The van der Waals surface area contributed by atoms with E-state index in [1.807, 2.05) is 0 Å². The minimum atomic E-state index is -3.45. The summed E-state index contributed by atoms with van der Waals surface area (Å²) in [5.74, 6) is -0.650. The van der Waals surface area contributed by atoms with E-state index >= 15 is 0 Å². The summed E-state index contributed by atoms with van der Waals surface area (Å²) in [4.78, 5) is 12.1. The van der Waals surface area contributed by atoms with Crippen molar-refractivity contribution in [2.75, 3.05) is 10.5 Å². The van der Waals surface area contributed by atoms with Gasteiger partial charge in [-0.1, -0.05) is 30.3 Å². The van der Waals surface area contributed by atoms with E-state index in [1.165, 1.54) is 24.1 Å². The molecule has 0 saturated heterocycles. The quantitative estimate of drug-likeness (QED) is 0.852. The number of para-hydroxylation sites is 1. The Morgan fingerprint density at radius 2 is 1.89 bits per heavy atom. The van der Waals surface area contributed by atoms with Crippen LogP contribution in [0.25, 0.3) is 0 Å². The van der Waals surface area contributed by atoms with Crippen molar-refractivity contribution in [2.24, 2.45) is 5.10 Å². The molecule has 0 bridgehead atoms. The molecule has 27 heavy (non-hydrogen) atoms. The van der Waals surface area contributed by atoms with Crippen molar-refractivity contribution in [3.8, 4) is 0 Å². The van der Waals surface area contributed by atoms with E-state index in [1.54, 1.807) is 43.3 Å². The van der Waals surface area contributed by atoms with Crippen molar-refractivity contribution in [3.05, 3.63) is 65.5 Å². The summed E-state index contributed by atoms with van der Waals surface area (Å²) < 4.78 is 39.7. The lowest BCUT2D eigenvalue weighted by Crippen LogP contribution is -2.24. The summed E-state index contributed by atoms with van der Waals surface area (Å²) in [5.41, 5.74) is 2.39. The number of carbonyl (C=O) groups excluding carboxylic acids is 1. The first-order valence-electron chi connectivity index (χ1n) is 8.53. The molecule has 0 spiro atoms. The van der Waals surface area contributed by atoms with Gasteiger partial charge in [0.2, 0.25) is 15.9 Å². The van der Waals surface area contributed by atoms with Gasteiger partial charge in [0, 0.05) is 18.9 Å². The number of sulfonamides is 1. The van der Waals surface area contributed by atoms with E-state index in [9.17, 15) is 17.6 Å². The Labute approximate surface area is 157 Å². The number of hydrogen-bond acceptors (Lipinski definition) is 4. The normalized spacial score (nSPS) is 16.9. The SMILES string of the molecule is CCS(=O)(=O)Nc1ccccc1C1=NN(C(C)=O)[C@H](c2ccc(F)cc2)C1. The Morgan fingerprint density at radius 3 is 2.52 bits per heavy atom. The van der Waals surface area contributed by atoms with Gasteiger partial charge in [-0.25, -0.2) is 17.8 Å². The average Bonchev–Trinajstić information content (AvgIpc) is 3.08. The van der Waals surface area contributed by atoms with Crippen molar-refractivity contribution in [1.82, 2.24) is 5.01 Å². The zero-order valence-electron chi connectivity index (χ0n) is 15.0. The molecular formula is C19H20FN3O3S. The minimum absolute atomic E-state index is 0.0500. The van der Waals surface area contributed by atoms with E-state index < -0.39 is 10.0 Å². The van der Waals surface area contributed by atoms with Crippen LogP contribution < -0.4 is 4.72 Å². The van der Waals surface area contributed by atoms with E-state index in [4.69, 9.17) is 0 Å². The van der Waals surface area contributed by atoms with E-state index in [-0.39, 0.29) is 23.5 Å². The molecule has 1 aliphatic heterocycles. The van der Waals surface area contributed by atoms with Gasteiger partial charge < -0.3 is 0 Å². The summed E-state index contributed by atoms with van der Waals surface area (Å²) in [7, 11) is -3.45. The Hall–Kier alpha value is -2.74. The Kier molecular flexibility index (Phi) is 5.27. The minimum Gasteiger partial charge on any atom is -0.283 e. The van der Waals surface area contributed by atoms with Crippen molar-refractivity contribution in [3.63, 3.8) is 0 Å². The molecule has 2 aromatic carbocycles. The second-order valence-electron chi connectivity index (χ2n) is 6.23. The molecule has 142 valence electrons. The Morgan fingerprint density at radius 1 is 1.22 bits per heavy atom. The Balaban J connectivity index is 1.97. The summed E-state index contributed by atoms with van der Waals surface area (Å²) in [5, 5.41) is 5.78. The van der Waals surface area contributed by atoms with Gasteiger partial charge in [-0.05, 0) is 30.7 Å². The maximum absolute atomic E-state index is 13.2. The first-order chi connectivity index (χ1) is 12.8. The number of hydrazone groups is 1. The summed E-state index contributed by atoms with van der Waals surface area (Å²) >= 11 is 0. The molecule has 1 heterocycles. The fraction of sp³-hybridized carbons (Fsp3) is 0.263. The zero-order chi connectivity index (χ0) is 19.6. The maximum atomic E-state index is 13.2. The number of rotatable bonds is 5. The van der Waals surface area contributed by atoms with Gasteiger partial charge in [0.25, 0.3) is 0 Å². The summed E-state index contributed by atoms with van der Waals surface area (Å²) in [6, 6.07) is 12.5.